The molecule has 2 bridgehead atoms. The molecule has 3 aliphatic heterocycles. The molecule has 3 rings (SSSR count). The van der Waals surface area contributed by atoms with Crippen LogP contribution in [0.4, 0.5) is 0 Å². The van der Waals surface area contributed by atoms with Gasteiger partial charge in [0.1, 0.15) is 0 Å². The van der Waals surface area contributed by atoms with Gasteiger partial charge < -0.3 is 14.2 Å². The molecule has 0 aliphatic carbocycles. The predicted octanol–water partition coefficient (Wildman–Crippen LogP) is -0.575. The fourth-order valence-corrected chi connectivity index (χ4v) is 3.50. The molecule has 0 aromatic carbocycles. The maximum atomic E-state index is 12.2. The van der Waals surface area contributed by atoms with Crippen molar-refractivity contribution >= 4 is 23.8 Å². The maximum Gasteiger partial charge on any atom is 0.305 e. The summed E-state index contributed by atoms with van der Waals surface area (Å²) in [7, 11) is 0. The Balaban J connectivity index is 2.05. The van der Waals surface area contributed by atoms with E-state index in [1.54, 1.807) is 13.0 Å². The zero-order chi connectivity index (χ0) is 16.3. The fraction of sp³-hybridized carbons (Fsp3) is 0.571. The van der Waals surface area contributed by atoms with E-state index in [0.717, 1.165) is 13.8 Å². The monoisotopic (exact) mass is 309 g/mol. The predicted molar refractivity (Wildman–Crippen MR) is 68.8 cm³/mol. The minimum Gasteiger partial charge on any atom is -0.422 e. The van der Waals surface area contributed by atoms with E-state index >= 15 is 0 Å². The molecular weight excluding hydrogens is 294 g/mol. The summed E-state index contributed by atoms with van der Waals surface area (Å²) in [6.07, 6.45) is 1.72. The first-order chi connectivity index (χ1) is 10.2. The summed E-state index contributed by atoms with van der Waals surface area (Å²) in [4.78, 5) is 46.8. The smallest absolute Gasteiger partial charge is 0.305 e. The van der Waals surface area contributed by atoms with Crippen molar-refractivity contribution < 1.29 is 33.4 Å². The molecule has 1 N–H and O–H groups in total. The second-order valence-corrected chi connectivity index (χ2v) is 5.83. The lowest BCUT2D eigenvalue weighted by atomic mass is 9.72. The number of fused-ring (bicyclic) bond motifs is 5. The molecule has 0 spiro atoms. The van der Waals surface area contributed by atoms with Gasteiger partial charge in [0.15, 0.2) is 5.60 Å². The molecule has 3 heterocycles. The van der Waals surface area contributed by atoms with Crippen LogP contribution in [0, 0.1) is 11.8 Å². The summed E-state index contributed by atoms with van der Waals surface area (Å²) in [6.45, 7) is 3.96. The van der Waals surface area contributed by atoms with Crippen LogP contribution in [0.15, 0.2) is 12.2 Å². The molecular formula is C14H15NO7. The van der Waals surface area contributed by atoms with Crippen LogP contribution in [-0.4, -0.2) is 41.2 Å². The minimum absolute atomic E-state index is 0.451. The van der Waals surface area contributed by atoms with Crippen LogP contribution in [0.1, 0.15) is 20.8 Å². The molecule has 0 radical (unpaired) electrons. The van der Waals surface area contributed by atoms with Crippen molar-refractivity contribution in [1.82, 2.24) is 5.32 Å². The highest BCUT2D eigenvalue weighted by Gasteiger charge is 2.74. The number of hydrogen-bond donors (Lipinski definition) is 1. The van der Waals surface area contributed by atoms with Crippen LogP contribution in [0.3, 0.4) is 0 Å². The van der Waals surface area contributed by atoms with E-state index in [1.807, 2.05) is 0 Å². The van der Waals surface area contributed by atoms with E-state index in [1.165, 1.54) is 6.08 Å². The van der Waals surface area contributed by atoms with E-state index in [2.05, 4.69) is 5.32 Å². The van der Waals surface area contributed by atoms with Crippen LogP contribution in [0.25, 0.3) is 0 Å². The Labute approximate surface area is 125 Å². The first-order valence-electron chi connectivity index (χ1n) is 6.79. The average Bonchev–Trinajstić information content (AvgIpc) is 2.96. The molecule has 0 aromatic heterocycles. The van der Waals surface area contributed by atoms with Gasteiger partial charge in [-0.2, -0.15) is 0 Å². The highest BCUT2D eigenvalue weighted by molar-refractivity contribution is 6.07. The molecule has 4 atom stereocenters. The number of rotatable bonds is 3. The number of carbonyl (C=O) groups is 4. The number of hydrogen-bond acceptors (Lipinski definition) is 7. The van der Waals surface area contributed by atoms with Crippen molar-refractivity contribution in [2.75, 3.05) is 0 Å². The van der Waals surface area contributed by atoms with Crippen LogP contribution in [0.2, 0.25) is 0 Å². The van der Waals surface area contributed by atoms with Crippen molar-refractivity contribution in [2.45, 2.75) is 38.3 Å². The molecule has 0 aromatic rings. The number of esters is 2. The van der Waals surface area contributed by atoms with Gasteiger partial charge in [-0.3, -0.25) is 24.5 Å². The third kappa shape index (κ3) is 1.80. The molecule has 8 heteroatoms. The van der Waals surface area contributed by atoms with Gasteiger partial charge in [0.05, 0.1) is 17.4 Å². The lowest BCUT2D eigenvalue weighted by Crippen LogP contribution is -2.52. The largest absolute Gasteiger partial charge is 0.422 e. The second-order valence-electron chi connectivity index (χ2n) is 5.83. The maximum absolute atomic E-state index is 12.2. The summed E-state index contributed by atoms with van der Waals surface area (Å²) in [5.41, 5.74) is -2.51. The van der Waals surface area contributed by atoms with E-state index in [4.69, 9.17) is 14.2 Å². The Kier molecular flexibility index (Phi) is 2.93. The van der Waals surface area contributed by atoms with Crippen molar-refractivity contribution in [3.8, 4) is 0 Å². The molecule has 22 heavy (non-hydrogen) atoms. The molecule has 8 nitrogen and oxygen atoms in total. The van der Waals surface area contributed by atoms with Crippen molar-refractivity contribution in [3.63, 3.8) is 0 Å². The number of carbonyl (C=O) groups excluding carboxylic acids is 4. The molecule has 2 amide bonds. The zero-order valence-corrected chi connectivity index (χ0v) is 12.2. The van der Waals surface area contributed by atoms with E-state index in [9.17, 15) is 19.2 Å². The van der Waals surface area contributed by atoms with Crippen LogP contribution in [-0.2, 0) is 33.4 Å². The van der Waals surface area contributed by atoms with Crippen molar-refractivity contribution in [1.29, 1.82) is 0 Å². The van der Waals surface area contributed by atoms with Gasteiger partial charge >= 0.3 is 11.9 Å². The Morgan fingerprint density at radius 2 is 1.68 bits per heavy atom. The van der Waals surface area contributed by atoms with Gasteiger partial charge in [0, 0.05) is 13.8 Å². The molecule has 3 aliphatic rings. The Morgan fingerprint density at radius 3 is 2.23 bits per heavy atom. The SMILES string of the molecule is CC(=O)OC(OC(C)=O)[C@@]12C=C[C@@](C)(O1)[C@H]1C(=O)NC(=O)[C@H]12. The standard InChI is InChI=1S/C14H15NO7/c1-6(16)20-12(21-7(2)17)14-5-4-13(3,22-14)8-9(14)11(19)15-10(8)18/h4-5,8-9,12H,1-3H3,(H,15,18,19)/t8-,9+,13-,14+/m1/s1. The normalized spacial score (nSPS) is 38.2. The number of nitrogens with one attached hydrogen (secondary N) is 1. The van der Waals surface area contributed by atoms with E-state index < -0.39 is 53.1 Å². The quantitative estimate of drug-likeness (QED) is 0.322. The molecule has 2 fully saturated rings. The van der Waals surface area contributed by atoms with Crippen molar-refractivity contribution in [2.24, 2.45) is 11.8 Å². The highest BCUT2D eigenvalue weighted by atomic mass is 16.7. The topological polar surface area (TPSA) is 108 Å². The average molecular weight is 309 g/mol. The van der Waals surface area contributed by atoms with Gasteiger partial charge in [-0.15, -0.1) is 0 Å². The first-order valence-corrected chi connectivity index (χ1v) is 6.79. The Bertz CT molecular complexity index is 611. The van der Waals surface area contributed by atoms with E-state index in [-0.39, 0.29) is 0 Å². The Morgan fingerprint density at radius 1 is 1.14 bits per heavy atom. The van der Waals surface area contributed by atoms with Crippen molar-refractivity contribution in [3.05, 3.63) is 12.2 Å². The molecule has 0 saturated carbocycles. The fourth-order valence-electron chi connectivity index (χ4n) is 3.50. The summed E-state index contributed by atoms with van der Waals surface area (Å²) in [6, 6.07) is 0. The van der Waals surface area contributed by atoms with Gasteiger partial charge in [0.2, 0.25) is 11.8 Å². The summed E-state index contributed by atoms with van der Waals surface area (Å²) >= 11 is 0. The second kappa shape index (κ2) is 4.39. The zero-order valence-electron chi connectivity index (χ0n) is 12.2. The van der Waals surface area contributed by atoms with Gasteiger partial charge in [-0.25, -0.2) is 0 Å². The molecule has 118 valence electrons. The first kappa shape index (κ1) is 14.7. The number of imide groups is 1. The van der Waals surface area contributed by atoms with Crippen LogP contribution < -0.4 is 5.32 Å². The lowest BCUT2D eigenvalue weighted by Gasteiger charge is -2.34. The summed E-state index contributed by atoms with van der Waals surface area (Å²) in [5.74, 6) is -4.04. The van der Waals surface area contributed by atoms with Crippen LogP contribution in [0.5, 0.6) is 0 Å². The minimum atomic E-state index is -1.49. The van der Waals surface area contributed by atoms with Crippen LogP contribution >= 0.6 is 0 Å². The lowest BCUT2D eigenvalue weighted by molar-refractivity contribution is -0.231. The third-order valence-corrected chi connectivity index (χ3v) is 4.23. The Hall–Kier alpha value is -2.22. The summed E-state index contributed by atoms with van der Waals surface area (Å²) in [5, 5.41) is 2.25. The number of amides is 2. The van der Waals surface area contributed by atoms with Gasteiger partial charge in [0.25, 0.3) is 6.29 Å². The summed E-state index contributed by atoms with van der Waals surface area (Å²) < 4.78 is 16.0. The van der Waals surface area contributed by atoms with E-state index in [0.29, 0.717) is 0 Å². The molecule has 0 unspecified atom stereocenters. The van der Waals surface area contributed by atoms with Gasteiger partial charge in [-0.1, -0.05) is 6.08 Å². The molecule has 2 saturated heterocycles. The highest BCUT2D eigenvalue weighted by Crippen LogP contribution is 2.57. The van der Waals surface area contributed by atoms with Gasteiger partial charge in [-0.05, 0) is 13.0 Å². The number of ether oxygens (including phenoxy) is 3. The third-order valence-electron chi connectivity index (χ3n) is 4.23.